The third-order valence-corrected chi connectivity index (χ3v) is 3.94. The van der Waals surface area contributed by atoms with Gasteiger partial charge >= 0.3 is 8.53 Å². The van der Waals surface area contributed by atoms with E-state index in [4.69, 9.17) is 14.6 Å². The van der Waals surface area contributed by atoms with Crippen molar-refractivity contribution in [3.8, 4) is 11.5 Å². The highest BCUT2D eigenvalue weighted by Crippen LogP contribution is 2.41. The minimum absolute atomic E-state index is 0.803. The monoisotopic (exact) mass is 273 g/mol. The van der Waals surface area contributed by atoms with Crippen molar-refractivity contribution in [2.45, 2.75) is 20.3 Å². The average Bonchev–Trinajstić information content (AvgIpc) is 2.34. The van der Waals surface area contributed by atoms with E-state index in [1.807, 2.05) is 24.3 Å². The molecular formula is C15H16NO2P. The fraction of sp³-hybridized carbons (Fsp3) is 0.200. The van der Waals surface area contributed by atoms with Crippen LogP contribution in [-0.4, -0.2) is 0 Å². The Balaban J connectivity index is 2.11. The van der Waals surface area contributed by atoms with Crippen LogP contribution in [0.4, 0.5) is 0 Å². The Morgan fingerprint density at radius 2 is 1.37 bits per heavy atom. The van der Waals surface area contributed by atoms with Gasteiger partial charge in [0.15, 0.2) is 0 Å². The summed E-state index contributed by atoms with van der Waals surface area (Å²) in [6.45, 7) is 4.16. The van der Waals surface area contributed by atoms with Crippen LogP contribution in [-0.2, 0) is 6.42 Å². The molecule has 0 atom stereocenters. The van der Waals surface area contributed by atoms with Gasteiger partial charge in [-0.05, 0) is 37.1 Å². The standard InChI is InChI=1S/C15H16NO2P/c1-10-3-5-14-12(7-10)9-13-8-11(2)4-6-15(13)18-19(16)17-14/h3-8H,9,16H2,1-2H3. The molecule has 1 heterocycles. The van der Waals surface area contributed by atoms with Crippen molar-refractivity contribution in [1.82, 2.24) is 0 Å². The molecule has 0 aliphatic carbocycles. The molecule has 2 N–H and O–H groups in total. The second-order valence-electron chi connectivity index (χ2n) is 4.87. The summed E-state index contributed by atoms with van der Waals surface area (Å²) in [5.41, 5.74) is 10.7. The van der Waals surface area contributed by atoms with Crippen LogP contribution in [0.15, 0.2) is 36.4 Å². The molecule has 3 rings (SSSR count). The van der Waals surface area contributed by atoms with Crippen LogP contribution in [0.2, 0.25) is 0 Å². The fourth-order valence-electron chi connectivity index (χ4n) is 2.29. The Kier molecular flexibility index (Phi) is 3.17. The maximum absolute atomic E-state index is 5.93. The zero-order valence-corrected chi connectivity index (χ0v) is 11.9. The van der Waals surface area contributed by atoms with Gasteiger partial charge in [-0.2, -0.15) is 0 Å². The van der Waals surface area contributed by atoms with E-state index in [9.17, 15) is 0 Å². The predicted octanol–water partition coefficient (Wildman–Crippen LogP) is 3.85. The van der Waals surface area contributed by atoms with Crippen molar-refractivity contribution in [2.75, 3.05) is 0 Å². The minimum Gasteiger partial charge on any atom is -0.427 e. The molecule has 0 fully saturated rings. The third-order valence-electron chi connectivity index (χ3n) is 3.19. The highest BCUT2D eigenvalue weighted by molar-refractivity contribution is 7.45. The molecule has 0 aromatic heterocycles. The summed E-state index contributed by atoms with van der Waals surface area (Å²) in [6.07, 6.45) is 0.803. The number of hydrogen-bond donors (Lipinski definition) is 1. The van der Waals surface area contributed by atoms with E-state index in [1.165, 1.54) is 11.1 Å². The van der Waals surface area contributed by atoms with Gasteiger partial charge < -0.3 is 9.05 Å². The quantitative estimate of drug-likeness (QED) is 0.741. The molecule has 19 heavy (non-hydrogen) atoms. The fourth-order valence-corrected chi connectivity index (χ4v) is 3.07. The average molecular weight is 273 g/mol. The van der Waals surface area contributed by atoms with Gasteiger partial charge in [0.05, 0.1) is 0 Å². The molecule has 1 aliphatic heterocycles. The zero-order chi connectivity index (χ0) is 13.4. The number of benzene rings is 2. The van der Waals surface area contributed by atoms with E-state index in [-0.39, 0.29) is 0 Å². The Morgan fingerprint density at radius 3 is 1.84 bits per heavy atom. The van der Waals surface area contributed by atoms with E-state index in [2.05, 4.69) is 26.0 Å². The van der Waals surface area contributed by atoms with Crippen LogP contribution in [0.25, 0.3) is 0 Å². The SMILES string of the molecule is Cc1ccc2c(c1)Cc1cc(C)ccc1OP(N)O2. The van der Waals surface area contributed by atoms with Gasteiger partial charge in [-0.15, -0.1) is 0 Å². The Hall–Kier alpha value is -1.57. The number of nitrogens with two attached hydrogens (primary N) is 1. The third kappa shape index (κ3) is 2.58. The predicted molar refractivity (Wildman–Crippen MR) is 77.5 cm³/mol. The lowest BCUT2D eigenvalue weighted by atomic mass is 10.00. The van der Waals surface area contributed by atoms with Crippen molar-refractivity contribution in [3.63, 3.8) is 0 Å². The van der Waals surface area contributed by atoms with E-state index in [0.717, 1.165) is 29.0 Å². The van der Waals surface area contributed by atoms with Crippen LogP contribution < -0.4 is 14.6 Å². The van der Waals surface area contributed by atoms with Crippen LogP contribution in [0.5, 0.6) is 11.5 Å². The number of aryl methyl sites for hydroxylation is 2. The number of hydrogen-bond acceptors (Lipinski definition) is 3. The second kappa shape index (κ2) is 4.84. The zero-order valence-electron chi connectivity index (χ0n) is 11.0. The Morgan fingerprint density at radius 1 is 0.895 bits per heavy atom. The van der Waals surface area contributed by atoms with Crippen LogP contribution in [0.3, 0.4) is 0 Å². The molecule has 0 amide bonds. The molecule has 0 saturated heterocycles. The first-order chi connectivity index (χ1) is 9.11. The normalized spacial score (nSPS) is 14.5. The van der Waals surface area contributed by atoms with Gasteiger partial charge in [-0.25, -0.2) is 5.50 Å². The number of rotatable bonds is 0. The summed E-state index contributed by atoms with van der Waals surface area (Å²) in [5, 5.41) is 0. The van der Waals surface area contributed by atoms with Crippen molar-refractivity contribution >= 4 is 8.53 Å². The van der Waals surface area contributed by atoms with Gasteiger partial charge in [0, 0.05) is 6.42 Å². The van der Waals surface area contributed by atoms with E-state index < -0.39 is 8.53 Å². The number of fused-ring (bicyclic) bond motifs is 2. The second-order valence-corrected chi connectivity index (χ2v) is 5.80. The van der Waals surface area contributed by atoms with Gasteiger partial charge in [0.1, 0.15) is 11.5 Å². The van der Waals surface area contributed by atoms with E-state index in [1.54, 1.807) is 0 Å². The highest BCUT2D eigenvalue weighted by atomic mass is 31.2. The van der Waals surface area contributed by atoms with Crippen molar-refractivity contribution in [2.24, 2.45) is 5.50 Å². The molecular weight excluding hydrogens is 257 g/mol. The Bertz CT molecular complexity index is 574. The lowest BCUT2D eigenvalue weighted by molar-refractivity contribution is 0.478. The molecule has 0 spiro atoms. The largest absolute Gasteiger partial charge is 0.427 e. The topological polar surface area (TPSA) is 44.5 Å². The van der Waals surface area contributed by atoms with Crippen LogP contribution in [0.1, 0.15) is 22.3 Å². The van der Waals surface area contributed by atoms with Crippen LogP contribution >= 0.6 is 8.53 Å². The maximum Gasteiger partial charge on any atom is 0.378 e. The molecule has 98 valence electrons. The van der Waals surface area contributed by atoms with Gasteiger partial charge in [-0.3, -0.25) is 0 Å². The van der Waals surface area contributed by atoms with Crippen molar-refractivity contribution in [3.05, 3.63) is 58.7 Å². The molecule has 2 aromatic rings. The lowest BCUT2D eigenvalue weighted by Gasteiger charge is -2.22. The summed E-state index contributed by atoms with van der Waals surface area (Å²) in [7, 11) is -1.43. The lowest BCUT2D eigenvalue weighted by Crippen LogP contribution is -2.09. The minimum atomic E-state index is -1.43. The summed E-state index contributed by atoms with van der Waals surface area (Å²) in [5.74, 6) is 1.65. The van der Waals surface area contributed by atoms with Crippen molar-refractivity contribution < 1.29 is 9.05 Å². The van der Waals surface area contributed by atoms with E-state index >= 15 is 0 Å². The smallest absolute Gasteiger partial charge is 0.378 e. The van der Waals surface area contributed by atoms with Gasteiger partial charge in [0.25, 0.3) is 0 Å². The first kappa shape index (κ1) is 12.5. The molecule has 2 aromatic carbocycles. The molecule has 0 unspecified atom stereocenters. The molecule has 0 bridgehead atoms. The summed E-state index contributed by atoms with van der Waals surface area (Å²) >= 11 is 0. The van der Waals surface area contributed by atoms with Gasteiger partial charge in [0.2, 0.25) is 0 Å². The molecule has 4 heteroatoms. The summed E-state index contributed by atoms with van der Waals surface area (Å²) < 4.78 is 11.4. The first-order valence-electron chi connectivity index (χ1n) is 6.21. The first-order valence-corrected chi connectivity index (χ1v) is 7.46. The van der Waals surface area contributed by atoms with Gasteiger partial charge in [-0.1, -0.05) is 35.4 Å². The molecule has 3 nitrogen and oxygen atoms in total. The summed E-state index contributed by atoms with van der Waals surface area (Å²) in [6, 6.07) is 12.3. The molecule has 1 aliphatic rings. The summed E-state index contributed by atoms with van der Waals surface area (Å²) in [4.78, 5) is 0. The molecule has 0 saturated carbocycles. The van der Waals surface area contributed by atoms with Crippen molar-refractivity contribution in [1.29, 1.82) is 0 Å². The van der Waals surface area contributed by atoms with Crippen LogP contribution in [0, 0.1) is 13.8 Å². The molecule has 0 radical (unpaired) electrons. The van der Waals surface area contributed by atoms with E-state index in [0.29, 0.717) is 0 Å². The Labute approximate surface area is 114 Å². The maximum atomic E-state index is 5.93. The highest BCUT2D eigenvalue weighted by Gasteiger charge is 2.19.